The number of amidine groups is 1. The highest BCUT2D eigenvalue weighted by Gasteiger charge is 2.22. The fraction of sp³-hybridized carbons (Fsp3) is 0.167. The Morgan fingerprint density at radius 2 is 2.28 bits per heavy atom. The minimum Gasteiger partial charge on any atom is -0.336 e. The number of rotatable bonds is 1. The Morgan fingerprint density at radius 1 is 1.44 bits per heavy atom. The second-order valence-electron chi connectivity index (χ2n) is 3.96. The van der Waals surface area contributed by atoms with Crippen LogP contribution >= 0.6 is 38.9 Å². The number of halogens is 2. The lowest BCUT2D eigenvalue weighted by Gasteiger charge is -2.22. The summed E-state index contributed by atoms with van der Waals surface area (Å²) < 4.78 is 0.824. The van der Waals surface area contributed by atoms with Gasteiger partial charge in [-0.05, 0) is 28.9 Å². The molecule has 0 amide bonds. The van der Waals surface area contributed by atoms with Gasteiger partial charge < -0.3 is 5.32 Å². The third-order valence-electron chi connectivity index (χ3n) is 2.74. The third-order valence-corrected chi connectivity index (χ3v) is 4.61. The third kappa shape index (κ3) is 2.06. The van der Waals surface area contributed by atoms with Gasteiger partial charge in [-0.2, -0.15) is 0 Å². The van der Waals surface area contributed by atoms with Crippen LogP contribution in [0.15, 0.2) is 33.2 Å². The van der Waals surface area contributed by atoms with E-state index in [1.165, 1.54) is 0 Å². The minimum absolute atomic E-state index is 0.0811. The highest BCUT2D eigenvalue weighted by Crippen LogP contribution is 2.36. The number of aromatic nitrogens is 1. The van der Waals surface area contributed by atoms with E-state index in [2.05, 4.69) is 38.1 Å². The SMILES string of the molecule is CC1N=C(c2nc(Br)cs2)Nc2c(Cl)cccc21. The molecule has 92 valence electrons. The van der Waals surface area contributed by atoms with E-state index in [-0.39, 0.29) is 6.04 Å². The van der Waals surface area contributed by atoms with E-state index in [1.807, 2.05) is 23.6 Å². The Labute approximate surface area is 122 Å². The highest BCUT2D eigenvalue weighted by atomic mass is 79.9. The molecule has 0 aliphatic carbocycles. The maximum Gasteiger partial charge on any atom is 0.163 e. The van der Waals surface area contributed by atoms with Crippen LogP contribution < -0.4 is 5.32 Å². The van der Waals surface area contributed by atoms with Crippen molar-refractivity contribution in [3.63, 3.8) is 0 Å². The van der Waals surface area contributed by atoms with Gasteiger partial charge in [0, 0.05) is 10.9 Å². The fourth-order valence-electron chi connectivity index (χ4n) is 1.91. The molecule has 1 aromatic heterocycles. The summed E-state index contributed by atoms with van der Waals surface area (Å²) in [7, 11) is 0. The van der Waals surface area contributed by atoms with Gasteiger partial charge in [-0.15, -0.1) is 11.3 Å². The van der Waals surface area contributed by atoms with E-state index in [0.29, 0.717) is 5.02 Å². The lowest BCUT2D eigenvalue weighted by atomic mass is 10.0. The first-order chi connectivity index (χ1) is 8.65. The average molecular weight is 343 g/mol. The summed E-state index contributed by atoms with van der Waals surface area (Å²) in [5, 5.41) is 6.78. The molecule has 3 rings (SSSR count). The van der Waals surface area contributed by atoms with Crippen molar-refractivity contribution in [2.75, 3.05) is 5.32 Å². The first kappa shape index (κ1) is 12.1. The second-order valence-corrected chi connectivity index (χ2v) is 6.04. The molecular weight excluding hydrogens is 334 g/mol. The number of hydrogen-bond donors (Lipinski definition) is 1. The van der Waals surface area contributed by atoms with E-state index in [9.17, 15) is 0 Å². The minimum atomic E-state index is 0.0811. The summed E-state index contributed by atoms with van der Waals surface area (Å²) >= 11 is 11.1. The van der Waals surface area contributed by atoms with Crippen LogP contribution in [0.1, 0.15) is 23.5 Å². The predicted octanol–water partition coefficient (Wildman–Crippen LogP) is 4.49. The van der Waals surface area contributed by atoms with Crippen LogP contribution in [0.3, 0.4) is 0 Å². The largest absolute Gasteiger partial charge is 0.336 e. The average Bonchev–Trinajstić information content (AvgIpc) is 2.77. The van der Waals surface area contributed by atoms with Gasteiger partial charge in [0.2, 0.25) is 0 Å². The van der Waals surface area contributed by atoms with Crippen molar-refractivity contribution in [3.8, 4) is 0 Å². The maximum absolute atomic E-state index is 6.22. The van der Waals surface area contributed by atoms with E-state index in [4.69, 9.17) is 11.6 Å². The summed E-state index contributed by atoms with van der Waals surface area (Å²) in [6.45, 7) is 2.05. The summed E-state index contributed by atoms with van der Waals surface area (Å²) in [4.78, 5) is 8.99. The predicted molar refractivity (Wildman–Crippen MR) is 79.8 cm³/mol. The molecule has 6 heteroatoms. The number of nitrogens with one attached hydrogen (secondary N) is 1. The Morgan fingerprint density at radius 3 is 3.00 bits per heavy atom. The Hall–Kier alpha value is -0.910. The van der Waals surface area contributed by atoms with Gasteiger partial charge in [-0.3, -0.25) is 4.99 Å². The molecule has 1 N–H and O–H groups in total. The van der Waals surface area contributed by atoms with E-state index < -0.39 is 0 Å². The van der Waals surface area contributed by atoms with Crippen molar-refractivity contribution >= 4 is 50.4 Å². The van der Waals surface area contributed by atoms with Gasteiger partial charge in [0.05, 0.1) is 16.8 Å². The number of benzene rings is 1. The molecule has 18 heavy (non-hydrogen) atoms. The number of aliphatic imine (C=N–C) groups is 1. The van der Waals surface area contributed by atoms with Crippen molar-refractivity contribution in [2.45, 2.75) is 13.0 Å². The van der Waals surface area contributed by atoms with Gasteiger partial charge in [0.15, 0.2) is 10.8 Å². The lowest BCUT2D eigenvalue weighted by Crippen LogP contribution is -2.20. The number of anilines is 1. The molecule has 2 aromatic rings. The van der Waals surface area contributed by atoms with Gasteiger partial charge in [-0.25, -0.2) is 4.98 Å². The quantitative estimate of drug-likeness (QED) is 0.829. The van der Waals surface area contributed by atoms with Crippen LogP contribution in [0.25, 0.3) is 0 Å². The Bertz CT molecular complexity index is 638. The molecule has 0 saturated heterocycles. The number of hydrogen-bond acceptors (Lipinski definition) is 4. The zero-order valence-corrected chi connectivity index (χ0v) is 12.6. The monoisotopic (exact) mass is 341 g/mol. The van der Waals surface area contributed by atoms with Crippen LogP contribution in [0.4, 0.5) is 5.69 Å². The van der Waals surface area contributed by atoms with Crippen molar-refractivity contribution in [2.24, 2.45) is 4.99 Å². The van der Waals surface area contributed by atoms with Crippen LogP contribution in [0.2, 0.25) is 5.02 Å². The topological polar surface area (TPSA) is 37.3 Å². The molecule has 1 aromatic carbocycles. The van der Waals surface area contributed by atoms with Crippen LogP contribution in [-0.4, -0.2) is 10.8 Å². The molecule has 0 bridgehead atoms. The van der Waals surface area contributed by atoms with Crippen LogP contribution in [-0.2, 0) is 0 Å². The standard InChI is InChI=1S/C12H9BrClN3S/c1-6-7-3-2-4-8(14)10(7)17-11(15-6)12-16-9(13)5-18-12/h2-6H,1H3,(H,15,17). The zero-order chi connectivity index (χ0) is 12.7. The summed E-state index contributed by atoms with van der Waals surface area (Å²) in [5.74, 6) is 0.777. The smallest absolute Gasteiger partial charge is 0.163 e. The molecule has 1 unspecified atom stereocenters. The summed E-state index contributed by atoms with van der Waals surface area (Å²) in [6.07, 6.45) is 0. The molecule has 1 aliphatic heterocycles. The molecule has 1 aliphatic rings. The maximum atomic E-state index is 6.22. The van der Waals surface area contributed by atoms with Crippen LogP contribution in [0, 0.1) is 0 Å². The lowest BCUT2D eigenvalue weighted by molar-refractivity contribution is 0.812. The van der Waals surface area contributed by atoms with Gasteiger partial charge in [0.1, 0.15) is 4.60 Å². The van der Waals surface area contributed by atoms with Gasteiger partial charge >= 0.3 is 0 Å². The molecule has 0 radical (unpaired) electrons. The summed E-state index contributed by atoms with van der Waals surface area (Å²) in [5.41, 5.74) is 2.05. The molecular formula is C12H9BrClN3S. The first-order valence-electron chi connectivity index (χ1n) is 5.40. The van der Waals surface area contributed by atoms with Crippen molar-refractivity contribution in [1.29, 1.82) is 0 Å². The fourth-order valence-corrected chi connectivity index (χ4v) is 3.34. The molecule has 0 spiro atoms. The van der Waals surface area contributed by atoms with Gasteiger partial charge in [0.25, 0.3) is 0 Å². The van der Waals surface area contributed by atoms with Crippen molar-refractivity contribution in [3.05, 3.63) is 43.8 Å². The highest BCUT2D eigenvalue weighted by molar-refractivity contribution is 9.10. The normalized spacial score (nSPS) is 17.9. The molecule has 0 fully saturated rings. The Kier molecular flexibility index (Phi) is 3.13. The second kappa shape index (κ2) is 4.64. The molecule has 2 heterocycles. The zero-order valence-electron chi connectivity index (χ0n) is 9.45. The first-order valence-corrected chi connectivity index (χ1v) is 7.45. The van der Waals surface area contributed by atoms with Gasteiger partial charge in [-0.1, -0.05) is 23.7 Å². The van der Waals surface area contributed by atoms with Crippen molar-refractivity contribution in [1.82, 2.24) is 4.98 Å². The number of fused-ring (bicyclic) bond motifs is 1. The molecule has 1 atom stereocenters. The molecule has 3 nitrogen and oxygen atoms in total. The Balaban J connectivity index is 2.05. The van der Waals surface area contributed by atoms with Crippen molar-refractivity contribution < 1.29 is 0 Å². The summed E-state index contributed by atoms with van der Waals surface area (Å²) in [6, 6.07) is 5.94. The molecule has 0 saturated carbocycles. The van der Waals surface area contributed by atoms with Crippen LogP contribution in [0.5, 0.6) is 0 Å². The van der Waals surface area contributed by atoms with E-state index >= 15 is 0 Å². The number of para-hydroxylation sites is 1. The number of thiazole rings is 1. The van der Waals surface area contributed by atoms with E-state index in [0.717, 1.165) is 26.7 Å². The number of nitrogens with zero attached hydrogens (tertiary/aromatic N) is 2. The van der Waals surface area contributed by atoms with E-state index in [1.54, 1.807) is 11.3 Å².